The van der Waals surface area contributed by atoms with Crippen molar-refractivity contribution >= 4 is 5.69 Å². The average Bonchev–Trinajstić information content (AvgIpc) is 2.14. The first-order valence-corrected chi connectivity index (χ1v) is 2.22. The van der Waals surface area contributed by atoms with Gasteiger partial charge in [0.1, 0.15) is 5.69 Å². The van der Waals surface area contributed by atoms with E-state index in [4.69, 9.17) is 5.84 Å². The molecule has 44 valence electrons. The topological polar surface area (TPSA) is 64.1 Å². The zero-order chi connectivity index (χ0) is 5.98. The smallest absolute Gasteiger partial charge is 0.158 e. The molecule has 0 aliphatic heterocycles. The third kappa shape index (κ3) is 0.651. The van der Waals surface area contributed by atoms with Crippen molar-refractivity contribution in [2.75, 3.05) is 5.43 Å². The molecule has 0 bridgehead atoms. The Balaban J connectivity index is 2.92. The van der Waals surface area contributed by atoms with Gasteiger partial charge in [0.05, 0.1) is 6.20 Å². The van der Waals surface area contributed by atoms with Crippen LogP contribution in [0.4, 0.5) is 5.69 Å². The molecule has 1 heterocycles. The lowest BCUT2D eigenvalue weighted by Crippen LogP contribution is -2.06. The van der Waals surface area contributed by atoms with Crippen molar-refractivity contribution < 1.29 is 4.52 Å². The average molecular weight is 113 g/mol. The number of nitrogen functional groups attached to an aromatic ring is 1. The van der Waals surface area contributed by atoms with Gasteiger partial charge < -0.3 is 9.95 Å². The fraction of sp³-hybridized carbons (Fsp3) is 0.250. The summed E-state index contributed by atoms with van der Waals surface area (Å²) in [7, 11) is 0. The molecule has 4 nitrogen and oxygen atoms in total. The molecule has 0 aliphatic carbocycles. The SMILES string of the molecule is Cc1oncc1NN. The van der Waals surface area contributed by atoms with Crippen molar-refractivity contribution in [2.45, 2.75) is 6.92 Å². The van der Waals surface area contributed by atoms with Crippen LogP contribution in [0.1, 0.15) is 5.76 Å². The van der Waals surface area contributed by atoms with Crippen molar-refractivity contribution in [1.82, 2.24) is 5.16 Å². The molecule has 0 spiro atoms. The second-order valence-electron chi connectivity index (χ2n) is 1.44. The van der Waals surface area contributed by atoms with E-state index in [9.17, 15) is 0 Å². The van der Waals surface area contributed by atoms with Crippen LogP contribution >= 0.6 is 0 Å². The van der Waals surface area contributed by atoms with Gasteiger partial charge in [-0.1, -0.05) is 5.16 Å². The maximum Gasteiger partial charge on any atom is 0.158 e. The van der Waals surface area contributed by atoms with E-state index in [0.717, 1.165) is 5.69 Å². The molecule has 0 saturated heterocycles. The zero-order valence-corrected chi connectivity index (χ0v) is 4.51. The fourth-order valence-electron chi connectivity index (χ4n) is 0.437. The van der Waals surface area contributed by atoms with Crippen LogP contribution in [0, 0.1) is 6.92 Å². The third-order valence-electron chi connectivity index (χ3n) is 0.906. The monoisotopic (exact) mass is 113 g/mol. The number of nitrogens with zero attached hydrogens (tertiary/aromatic N) is 1. The van der Waals surface area contributed by atoms with Gasteiger partial charge >= 0.3 is 0 Å². The number of nitrogens with two attached hydrogens (primary N) is 1. The lowest BCUT2D eigenvalue weighted by molar-refractivity contribution is 0.398. The number of nitrogens with one attached hydrogen (secondary N) is 1. The molecule has 0 unspecified atom stereocenters. The number of hydrogen-bond acceptors (Lipinski definition) is 4. The van der Waals surface area contributed by atoms with Crippen LogP contribution in [-0.2, 0) is 0 Å². The Labute approximate surface area is 46.6 Å². The summed E-state index contributed by atoms with van der Waals surface area (Å²) in [6.45, 7) is 1.78. The summed E-state index contributed by atoms with van der Waals surface area (Å²) in [6.07, 6.45) is 1.52. The lowest BCUT2D eigenvalue weighted by atomic mass is 10.4. The maximum atomic E-state index is 5.05. The highest BCUT2D eigenvalue weighted by atomic mass is 16.5. The Morgan fingerprint density at radius 2 is 2.62 bits per heavy atom. The summed E-state index contributed by atoms with van der Waals surface area (Å²) >= 11 is 0. The summed E-state index contributed by atoms with van der Waals surface area (Å²) in [5, 5.41) is 3.48. The minimum Gasteiger partial charge on any atom is -0.359 e. The van der Waals surface area contributed by atoms with Crippen LogP contribution in [-0.4, -0.2) is 5.16 Å². The van der Waals surface area contributed by atoms with Crippen LogP contribution in [0.5, 0.6) is 0 Å². The van der Waals surface area contributed by atoms with Gasteiger partial charge in [-0.3, -0.25) is 5.84 Å². The number of hydrazine groups is 1. The van der Waals surface area contributed by atoms with Gasteiger partial charge in [0.15, 0.2) is 5.76 Å². The Kier molecular flexibility index (Phi) is 1.17. The van der Waals surface area contributed by atoms with Crippen molar-refractivity contribution in [2.24, 2.45) is 5.84 Å². The highest BCUT2D eigenvalue weighted by Crippen LogP contribution is 2.08. The van der Waals surface area contributed by atoms with E-state index < -0.39 is 0 Å². The molecule has 4 heteroatoms. The normalized spacial score (nSPS) is 9.25. The van der Waals surface area contributed by atoms with Crippen molar-refractivity contribution in [3.8, 4) is 0 Å². The summed E-state index contributed by atoms with van der Waals surface area (Å²) in [6, 6.07) is 0. The number of aromatic nitrogens is 1. The van der Waals surface area contributed by atoms with Gasteiger partial charge in [-0.15, -0.1) is 0 Å². The molecule has 1 aromatic rings. The predicted octanol–water partition coefficient (Wildman–Crippen LogP) is 0.269. The molecular weight excluding hydrogens is 106 g/mol. The molecule has 8 heavy (non-hydrogen) atoms. The molecule has 0 amide bonds. The fourth-order valence-corrected chi connectivity index (χ4v) is 0.437. The summed E-state index contributed by atoms with van der Waals surface area (Å²) in [5.74, 6) is 5.75. The standard InChI is InChI=1S/C4H7N3O/c1-3-4(7-5)2-6-8-3/h2,7H,5H2,1H3. The van der Waals surface area contributed by atoms with E-state index in [0.29, 0.717) is 5.76 Å². The Bertz CT molecular complexity index is 172. The van der Waals surface area contributed by atoms with E-state index >= 15 is 0 Å². The number of rotatable bonds is 1. The van der Waals surface area contributed by atoms with Crippen LogP contribution in [0.2, 0.25) is 0 Å². The molecule has 0 aromatic carbocycles. The van der Waals surface area contributed by atoms with Gasteiger partial charge in [-0.05, 0) is 6.92 Å². The Morgan fingerprint density at radius 1 is 1.88 bits per heavy atom. The number of hydrogen-bond donors (Lipinski definition) is 2. The second kappa shape index (κ2) is 1.83. The third-order valence-corrected chi connectivity index (χ3v) is 0.906. The molecular formula is C4H7N3O. The first kappa shape index (κ1) is 5.11. The number of anilines is 1. The van der Waals surface area contributed by atoms with E-state index in [2.05, 4.69) is 15.1 Å². The molecule has 0 saturated carbocycles. The van der Waals surface area contributed by atoms with E-state index in [-0.39, 0.29) is 0 Å². The minimum absolute atomic E-state index is 0.701. The van der Waals surface area contributed by atoms with E-state index in [1.165, 1.54) is 6.20 Å². The van der Waals surface area contributed by atoms with Gasteiger partial charge in [-0.25, -0.2) is 0 Å². The molecule has 0 atom stereocenters. The van der Waals surface area contributed by atoms with Gasteiger partial charge in [0.25, 0.3) is 0 Å². The van der Waals surface area contributed by atoms with Gasteiger partial charge in [0.2, 0.25) is 0 Å². The first-order chi connectivity index (χ1) is 3.84. The van der Waals surface area contributed by atoms with Crippen molar-refractivity contribution in [3.05, 3.63) is 12.0 Å². The molecule has 1 aromatic heterocycles. The summed E-state index contributed by atoms with van der Waals surface area (Å²) in [4.78, 5) is 0. The maximum absolute atomic E-state index is 5.05. The number of aryl methyl sites for hydroxylation is 1. The molecule has 1 rings (SSSR count). The molecule has 0 aliphatic rings. The Hall–Kier alpha value is -1.03. The van der Waals surface area contributed by atoms with E-state index in [1.807, 2.05) is 0 Å². The van der Waals surface area contributed by atoms with Crippen LogP contribution in [0.3, 0.4) is 0 Å². The largest absolute Gasteiger partial charge is 0.359 e. The van der Waals surface area contributed by atoms with Crippen LogP contribution < -0.4 is 11.3 Å². The van der Waals surface area contributed by atoms with Gasteiger partial charge in [-0.2, -0.15) is 0 Å². The van der Waals surface area contributed by atoms with Crippen LogP contribution in [0.15, 0.2) is 10.7 Å². The molecule has 0 fully saturated rings. The van der Waals surface area contributed by atoms with Crippen molar-refractivity contribution in [3.63, 3.8) is 0 Å². The predicted molar refractivity (Wildman–Crippen MR) is 29.1 cm³/mol. The highest BCUT2D eigenvalue weighted by Gasteiger charge is 1.96. The molecule has 3 N–H and O–H groups in total. The van der Waals surface area contributed by atoms with E-state index in [1.54, 1.807) is 6.92 Å². The first-order valence-electron chi connectivity index (χ1n) is 2.22. The lowest BCUT2D eigenvalue weighted by Gasteiger charge is -1.89. The molecule has 0 radical (unpaired) electrons. The minimum atomic E-state index is 0.701. The quantitative estimate of drug-likeness (QED) is 0.405. The zero-order valence-electron chi connectivity index (χ0n) is 4.51. The summed E-state index contributed by atoms with van der Waals surface area (Å²) < 4.78 is 4.66. The van der Waals surface area contributed by atoms with Crippen molar-refractivity contribution in [1.29, 1.82) is 0 Å². The van der Waals surface area contributed by atoms with Gasteiger partial charge in [0, 0.05) is 0 Å². The van der Waals surface area contributed by atoms with Crippen LogP contribution in [0.25, 0.3) is 0 Å². The highest BCUT2D eigenvalue weighted by molar-refractivity contribution is 5.41. The summed E-state index contributed by atoms with van der Waals surface area (Å²) in [5.41, 5.74) is 3.15. The second-order valence-corrected chi connectivity index (χ2v) is 1.44. The Morgan fingerprint density at radius 3 is 2.88 bits per heavy atom.